The number of rotatable bonds is 5. The molecule has 1 aromatic carbocycles. The monoisotopic (exact) mass is 397 g/mol. The van der Waals surface area contributed by atoms with E-state index in [1.54, 1.807) is 4.90 Å². The molecule has 2 saturated heterocycles. The number of unbranched alkanes of at least 4 members (excludes halogenated alkanes) is 1. The van der Waals surface area contributed by atoms with Gasteiger partial charge in [-0.05, 0) is 74.8 Å². The van der Waals surface area contributed by atoms with Crippen molar-refractivity contribution in [3.05, 3.63) is 34.9 Å². The van der Waals surface area contributed by atoms with Gasteiger partial charge in [-0.15, -0.1) is 0 Å². The largest absolute Gasteiger partial charge is 0.322 e. The Labute approximate surface area is 172 Å². The molecular weight excluding hydrogens is 366 g/mol. The van der Waals surface area contributed by atoms with Gasteiger partial charge in [-0.25, -0.2) is 0 Å². The highest BCUT2D eigenvalue weighted by Crippen LogP contribution is 2.33. The molecule has 0 saturated carbocycles. The minimum atomic E-state index is -0.549. The number of hydrogen-bond acceptors (Lipinski definition) is 4. The summed E-state index contributed by atoms with van der Waals surface area (Å²) in [5, 5.41) is 2.42. The topological polar surface area (TPSA) is 69.7 Å². The first kappa shape index (κ1) is 20.1. The molecule has 0 bridgehead atoms. The third-order valence-electron chi connectivity index (χ3n) is 6.67. The molecule has 4 rings (SSSR count). The second-order valence-corrected chi connectivity index (χ2v) is 8.64. The van der Waals surface area contributed by atoms with E-state index < -0.39 is 6.04 Å². The maximum atomic E-state index is 12.9. The summed E-state index contributed by atoms with van der Waals surface area (Å²) in [6, 6.07) is 5.67. The highest BCUT2D eigenvalue weighted by molar-refractivity contribution is 6.04. The van der Waals surface area contributed by atoms with E-state index in [1.807, 2.05) is 6.07 Å². The zero-order valence-corrected chi connectivity index (χ0v) is 17.3. The lowest BCUT2D eigenvalue weighted by molar-refractivity contribution is -0.132. The second kappa shape index (κ2) is 8.66. The minimum absolute atomic E-state index is 0.0876. The number of nitrogens with zero attached hydrogens (tertiary/aromatic N) is 2. The molecule has 6 heteroatoms. The van der Waals surface area contributed by atoms with Crippen LogP contribution >= 0.6 is 0 Å². The first-order valence-corrected chi connectivity index (χ1v) is 11.1. The first-order valence-electron chi connectivity index (χ1n) is 11.1. The molecule has 1 aromatic rings. The lowest BCUT2D eigenvalue weighted by Gasteiger charge is -2.32. The highest BCUT2D eigenvalue weighted by Gasteiger charge is 2.38. The van der Waals surface area contributed by atoms with Gasteiger partial charge in [0.2, 0.25) is 11.8 Å². The number of piperidine rings is 1. The van der Waals surface area contributed by atoms with Crippen molar-refractivity contribution in [3.63, 3.8) is 0 Å². The van der Waals surface area contributed by atoms with Gasteiger partial charge in [0.1, 0.15) is 6.04 Å². The maximum Gasteiger partial charge on any atom is 0.255 e. The average Bonchev–Trinajstić information content (AvgIpc) is 2.95. The van der Waals surface area contributed by atoms with Crippen molar-refractivity contribution in [3.8, 4) is 0 Å². The van der Waals surface area contributed by atoms with Gasteiger partial charge in [0.15, 0.2) is 0 Å². The van der Waals surface area contributed by atoms with E-state index in [9.17, 15) is 14.4 Å². The van der Waals surface area contributed by atoms with Crippen molar-refractivity contribution in [2.24, 2.45) is 0 Å². The Kier molecular flexibility index (Phi) is 5.99. The van der Waals surface area contributed by atoms with Gasteiger partial charge in [0.25, 0.3) is 5.91 Å². The van der Waals surface area contributed by atoms with Crippen molar-refractivity contribution < 1.29 is 14.4 Å². The summed E-state index contributed by atoms with van der Waals surface area (Å²) in [6.45, 7) is 6.18. The molecule has 1 atom stereocenters. The van der Waals surface area contributed by atoms with E-state index in [1.165, 1.54) is 24.9 Å². The fourth-order valence-corrected chi connectivity index (χ4v) is 4.91. The van der Waals surface area contributed by atoms with Crippen LogP contribution in [0.4, 0.5) is 0 Å². The van der Waals surface area contributed by atoms with Gasteiger partial charge in [-0.3, -0.25) is 19.7 Å². The average molecular weight is 398 g/mol. The standard InChI is InChI=1S/C23H31N3O3/c1-2-3-11-25-12-9-16(10-13-25)17-7-8-19-18(14-17)15-26(23(19)29)20-5-4-6-21(27)24-22(20)28/h7-8,14,16,20H,2-6,9-13,15H2,1H3,(H,24,27,28)/t20-/m0/s1. The third kappa shape index (κ3) is 4.22. The molecule has 2 fully saturated rings. The Morgan fingerprint density at radius 1 is 1.10 bits per heavy atom. The number of amides is 3. The van der Waals surface area contributed by atoms with Gasteiger partial charge >= 0.3 is 0 Å². The van der Waals surface area contributed by atoms with Crippen molar-refractivity contribution in [2.45, 2.75) is 70.4 Å². The summed E-state index contributed by atoms with van der Waals surface area (Å²) in [5.41, 5.74) is 3.04. The molecule has 0 radical (unpaired) electrons. The number of hydrogen-bond donors (Lipinski definition) is 1. The number of carbonyl (C=O) groups is 3. The molecule has 156 valence electrons. The van der Waals surface area contributed by atoms with Gasteiger partial charge in [-0.2, -0.15) is 0 Å². The quantitative estimate of drug-likeness (QED) is 0.776. The Bertz CT molecular complexity index is 799. The summed E-state index contributed by atoms with van der Waals surface area (Å²) in [5.74, 6) is -0.126. The van der Waals surface area contributed by atoms with Crippen LogP contribution in [-0.2, 0) is 16.1 Å². The van der Waals surface area contributed by atoms with E-state index in [4.69, 9.17) is 0 Å². The molecular formula is C23H31N3O3. The SMILES string of the molecule is CCCCN1CCC(c2ccc3c(c2)CN([C@H]2CCCC(=O)NC2=O)C3=O)CC1. The number of nitrogens with one attached hydrogen (secondary N) is 1. The van der Waals surface area contributed by atoms with Crippen LogP contribution in [0.3, 0.4) is 0 Å². The Balaban J connectivity index is 1.44. The molecule has 29 heavy (non-hydrogen) atoms. The number of likely N-dealkylation sites (tertiary alicyclic amines) is 1. The first-order chi connectivity index (χ1) is 14.1. The van der Waals surface area contributed by atoms with Crippen LogP contribution in [-0.4, -0.2) is 53.2 Å². The predicted molar refractivity (Wildman–Crippen MR) is 110 cm³/mol. The number of benzene rings is 1. The summed E-state index contributed by atoms with van der Waals surface area (Å²) >= 11 is 0. The molecule has 6 nitrogen and oxygen atoms in total. The van der Waals surface area contributed by atoms with Crippen LogP contribution in [0.15, 0.2) is 18.2 Å². The van der Waals surface area contributed by atoms with Crippen LogP contribution in [0, 0.1) is 0 Å². The number of imide groups is 1. The number of fused-ring (bicyclic) bond motifs is 1. The summed E-state index contributed by atoms with van der Waals surface area (Å²) in [7, 11) is 0. The van der Waals surface area contributed by atoms with E-state index in [0.717, 1.165) is 31.5 Å². The van der Waals surface area contributed by atoms with Crippen molar-refractivity contribution in [1.29, 1.82) is 0 Å². The fourth-order valence-electron chi connectivity index (χ4n) is 4.91. The summed E-state index contributed by atoms with van der Waals surface area (Å²) in [6.07, 6.45) is 6.34. The van der Waals surface area contributed by atoms with Crippen molar-refractivity contribution >= 4 is 17.7 Å². The van der Waals surface area contributed by atoms with E-state index in [0.29, 0.717) is 37.3 Å². The molecule has 0 aromatic heterocycles. The highest BCUT2D eigenvalue weighted by atomic mass is 16.2. The van der Waals surface area contributed by atoms with Crippen LogP contribution in [0.2, 0.25) is 0 Å². The summed E-state index contributed by atoms with van der Waals surface area (Å²) < 4.78 is 0. The lowest BCUT2D eigenvalue weighted by Crippen LogP contribution is -2.46. The Hall–Kier alpha value is -2.21. The smallest absolute Gasteiger partial charge is 0.255 e. The minimum Gasteiger partial charge on any atom is -0.322 e. The van der Waals surface area contributed by atoms with Crippen molar-refractivity contribution in [1.82, 2.24) is 15.1 Å². The second-order valence-electron chi connectivity index (χ2n) is 8.64. The zero-order valence-electron chi connectivity index (χ0n) is 17.3. The zero-order chi connectivity index (χ0) is 20.4. The number of carbonyl (C=O) groups excluding carboxylic acids is 3. The maximum absolute atomic E-state index is 12.9. The Morgan fingerprint density at radius 3 is 2.66 bits per heavy atom. The molecule has 1 N–H and O–H groups in total. The molecule has 0 spiro atoms. The van der Waals surface area contributed by atoms with Crippen molar-refractivity contribution in [2.75, 3.05) is 19.6 Å². The van der Waals surface area contributed by atoms with Crippen LogP contribution in [0.25, 0.3) is 0 Å². The lowest BCUT2D eigenvalue weighted by atomic mass is 9.88. The van der Waals surface area contributed by atoms with E-state index in [-0.39, 0.29) is 17.7 Å². The molecule has 0 aliphatic carbocycles. The van der Waals surface area contributed by atoms with Crippen LogP contribution in [0.1, 0.15) is 79.3 Å². The molecule has 3 amide bonds. The van der Waals surface area contributed by atoms with E-state index >= 15 is 0 Å². The third-order valence-corrected chi connectivity index (χ3v) is 6.67. The molecule has 3 aliphatic rings. The van der Waals surface area contributed by atoms with Gasteiger partial charge in [0, 0.05) is 18.5 Å². The summed E-state index contributed by atoms with van der Waals surface area (Å²) in [4.78, 5) is 41.1. The Morgan fingerprint density at radius 2 is 1.90 bits per heavy atom. The fraction of sp³-hybridized carbons (Fsp3) is 0.609. The normalized spacial score (nSPS) is 23.8. The molecule has 3 heterocycles. The van der Waals surface area contributed by atoms with Gasteiger partial charge in [-0.1, -0.05) is 25.5 Å². The van der Waals surface area contributed by atoms with E-state index in [2.05, 4.69) is 29.3 Å². The predicted octanol–water partition coefficient (Wildman–Crippen LogP) is 2.82. The molecule has 0 unspecified atom stereocenters. The van der Waals surface area contributed by atoms with Gasteiger partial charge in [0.05, 0.1) is 0 Å². The van der Waals surface area contributed by atoms with Gasteiger partial charge < -0.3 is 9.80 Å². The molecule has 3 aliphatic heterocycles. The van der Waals surface area contributed by atoms with Crippen LogP contribution in [0.5, 0.6) is 0 Å². The van der Waals surface area contributed by atoms with Crippen LogP contribution < -0.4 is 5.32 Å².